The monoisotopic (exact) mass is 510 g/mol. The van der Waals surface area contributed by atoms with Gasteiger partial charge in [-0.15, -0.1) is 0 Å². The number of amides is 1. The van der Waals surface area contributed by atoms with Crippen molar-refractivity contribution < 1.29 is 39.9 Å². The third kappa shape index (κ3) is 3.19. The molecule has 7 N–H and O–H groups in total. The number of hydrogen-bond donors (Lipinski definition) is 6. The first-order valence-corrected chi connectivity index (χ1v) is 12.2. The maximum atomic E-state index is 14.0. The number of fused-ring (bicyclic) bond motifs is 3. The number of primary amides is 1. The molecule has 5 rings (SSSR count). The van der Waals surface area contributed by atoms with Crippen LogP contribution in [0, 0.1) is 11.8 Å². The molecule has 0 heterocycles. The van der Waals surface area contributed by atoms with Gasteiger partial charge in [0.25, 0.3) is 5.91 Å². The molecule has 37 heavy (non-hydrogen) atoms. The maximum absolute atomic E-state index is 14.0. The second kappa shape index (κ2) is 8.27. The summed E-state index contributed by atoms with van der Waals surface area (Å²) in [5.74, 6) is -8.81. The van der Waals surface area contributed by atoms with Crippen LogP contribution in [0.3, 0.4) is 0 Å². The molecule has 2 saturated carbocycles. The molecule has 0 unspecified atom stereocenters. The summed E-state index contributed by atoms with van der Waals surface area (Å²) in [7, 11) is 2.94. The van der Waals surface area contributed by atoms with Gasteiger partial charge < -0.3 is 31.3 Å². The molecule has 0 bridgehead atoms. The van der Waals surface area contributed by atoms with Gasteiger partial charge in [-0.25, -0.2) is 0 Å². The van der Waals surface area contributed by atoms with Gasteiger partial charge in [-0.05, 0) is 44.8 Å². The predicted octanol–water partition coefficient (Wildman–Crippen LogP) is 1.06. The van der Waals surface area contributed by atoms with E-state index in [1.165, 1.54) is 19.0 Å². The number of aliphatic hydroxyl groups is 4. The number of phenols is 1. The smallest absolute Gasteiger partial charge is 0.255 e. The Hall–Kier alpha value is -3.47. The van der Waals surface area contributed by atoms with E-state index in [4.69, 9.17) is 5.73 Å². The van der Waals surface area contributed by atoms with Crippen LogP contribution in [0.2, 0.25) is 0 Å². The van der Waals surface area contributed by atoms with Crippen molar-refractivity contribution in [3.63, 3.8) is 0 Å². The SMILES string of the molecule is C[C@@H]1c2ccc(C=C3CCC3)c(O)c2C(O)=C2C(=O)[C@@]3(O)C(O)=C(C(N)=O)C(=O)[C@H](N(C)C)[C@H]3[C@H](O)[C@H]21. The first-order valence-electron chi connectivity index (χ1n) is 12.2. The number of ketones is 2. The van der Waals surface area contributed by atoms with Gasteiger partial charge in [0.1, 0.15) is 22.8 Å². The van der Waals surface area contributed by atoms with E-state index in [0.717, 1.165) is 24.8 Å². The Bertz CT molecular complexity index is 1350. The molecule has 0 aliphatic heterocycles. The second-order valence-corrected chi connectivity index (χ2v) is 10.7. The number of aromatic hydroxyl groups is 1. The molecule has 4 aliphatic carbocycles. The molecular weight excluding hydrogens is 480 g/mol. The molecule has 196 valence electrons. The van der Waals surface area contributed by atoms with Crippen molar-refractivity contribution in [3.05, 3.63) is 51.3 Å². The normalized spacial score (nSPS) is 33.1. The Morgan fingerprint density at radius 2 is 1.81 bits per heavy atom. The second-order valence-electron chi connectivity index (χ2n) is 10.7. The summed E-state index contributed by atoms with van der Waals surface area (Å²) in [5.41, 5.74) is 3.18. The summed E-state index contributed by atoms with van der Waals surface area (Å²) < 4.78 is 0. The van der Waals surface area contributed by atoms with Gasteiger partial charge >= 0.3 is 0 Å². The quantitative estimate of drug-likeness (QED) is 0.324. The number of nitrogens with zero attached hydrogens (tertiary/aromatic N) is 1. The third-order valence-electron chi connectivity index (χ3n) is 8.52. The van der Waals surface area contributed by atoms with E-state index in [-0.39, 0.29) is 11.3 Å². The van der Waals surface area contributed by atoms with Crippen molar-refractivity contribution in [3.8, 4) is 5.75 Å². The van der Waals surface area contributed by atoms with Crippen LogP contribution < -0.4 is 5.73 Å². The minimum Gasteiger partial charge on any atom is -0.508 e. The van der Waals surface area contributed by atoms with Gasteiger partial charge in [-0.1, -0.05) is 30.7 Å². The van der Waals surface area contributed by atoms with E-state index in [9.17, 15) is 39.9 Å². The molecule has 2 fully saturated rings. The highest BCUT2D eigenvalue weighted by atomic mass is 16.4. The molecule has 0 spiro atoms. The molecule has 0 radical (unpaired) electrons. The highest BCUT2D eigenvalue weighted by Crippen LogP contribution is 2.56. The zero-order valence-electron chi connectivity index (χ0n) is 20.7. The third-order valence-corrected chi connectivity index (χ3v) is 8.52. The van der Waals surface area contributed by atoms with E-state index >= 15 is 0 Å². The number of carbonyl (C=O) groups is 3. The number of phenolic OH excluding ortho intramolecular Hbond substituents is 1. The number of benzene rings is 1. The fourth-order valence-electron chi connectivity index (χ4n) is 6.49. The molecule has 4 aliphatic rings. The minimum atomic E-state index is -2.91. The number of allylic oxidation sites excluding steroid dienone is 1. The van der Waals surface area contributed by atoms with Crippen LogP contribution in [0.25, 0.3) is 11.8 Å². The van der Waals surface area contributed by atoms with Crippen LogP contribution in [0.5, 0.6) is 5.75 Å². The van der Waals surface area contributed by atoms with Gasteiger partial charge in [0.2, 0.25) is 5.78 Å². The van der Waals surface area contributed by atoms with Gasteiger partial charge in [0.05, 0.1) is 23.6 Å². The summed E-state index contributed by atoms with van der Waals surface area (Å²) in [5, 5.41) is 56.7. The minimum absolute atomic E-state index is 0.00432. The molecule has 1 amide bonds. The number of aliphatic hydroxyl groups excluding tert-OH is 3. The van der Waals surface area contributed by atoms with E-state index in [0.29, 0.717) is 11.1 Å². The lowest BCUT2D eigenvalue weighted by atomic mass is 9.54. The van der Waals surface area contributed by atoms with Gasteiger partial charge in [0.15, 0.2) is 11.4 Å². The number of carbonyl (C=O) groups excluding carboxylic acids is 3. The predicted molar refractivity (Wildman–Crippen MR) is 132 cm³/mol. The van der Waals surface area contributed by atoms with Crippen molar-refractivity contribution in [2.75, 3.05) is 14.1 Å². The van der Waals surface area contributed by atoms with Gasteiger partial charge in [-0.3, -0.25) is 19.3 Å². The van der Waals surface area contributed by atoms with Gasteiger partial charge in [-0.2, -0.15) is 0 Å². The number of likely N-dealkylation sites (N-methyl/N-ethyl adjacent to an activating group) is 1. The van der Waals surface area contributed by atoms with E-state index in [1.54, 1.807) is 19.1 Å². The Labute approximate surface area is 213 Å². The largest absolute Gasteiger partial charge is 0.508 e. The number of nitrogens with two attached hydrogens (primary N) is 1. The Morgan fingerprint density at radius 3 is 2.35 bits per heavy atom. The highest BCUT2D eigenvalue weighted by molar-refractivity contribution is 6.24. The molecule has 0 aromatic heterocycles. The lowest BCUT2D eigenvalue weighted by molar-refractivity contribution is -0.169. The number of rotatable bonds is 3. The molecule has 10 nitrogen and oxygen atoms in total. The molecule has 1 aromatic carbocycles. The van der Waals surface area contributed by atoms with Crippen LogP contribution in [-0.2, 0) is 14.4 Å². The topological polar surface area (TPSA) is 182 Å². The van der Waals surface area contributed by atoms with Crippen molar-refractivity contribution in [1.82, 2.24) is 4.90 Å². The first-order chi connectivity index (χ1) is 17.3. The maximum Gasteiger partial charge on any atom is 0.255 e. The lowest BCUT2D eigenvalue weighted by Gasteiger charge is -2.53. The van der Waals surface area contributed by atoms with Crippen molar-refractivity contribution in [1.29, 1.82) is 0 Å². The summed E-state index contributed by atoms with van der Waals surface area (Å²) in [4.78, 5) is 40.6. The number of hydrogen-bond acceptors (Lipinski definition) is 9. The first kappa shape index (κ1) is 25.2. The highest BCUT2D eigenvalue weighted by Gasteiger charge is 2.68. The summed E-state index contributed by atoms with van der Waals surface area (Å²) in [6.45, 7) is 1.71. The van der Waals surface area contributed by atoms with Crippen LogP contribution >= 0.6 is 0 Å². The molecular formula is C27H30N2O8. The summed E-state index contributed by atoms with van der Waals surface area (Å²) in [6, 6.07) is 2.06. The van der Waals surface area contributed by atoms with E-state index in [2.05, 4.69) is 0 Å². The van der Waals surface area contributed by atoms with Crippen LogP contribution in [-0.4, -0.2) is 79.7 Å². The molecule has 10 heteroatoms. The Balaban J connectivity index is 1.77. The zero-order valence-corrected chi connectivity index (χ0v) is 20.7. The number of Topliss-reactive ketones (excluding diaryl/α,β-unsaturated/α-hetero) is 2. The fraction of sp³-hybridized carbons (Fsp3) is 0.444. The van der Waals surface area contributed by atoms with Crippen molar-refractivity contribution in [2.24, 2.45) is 17.6 Å². The van der Waals surface area contributed by atoms with E-state index in [1.807, 2.05) is 6.08 Å². The molecule has 6 atom stereocenters. The Kier molecular flexibility index (Phi) is 5.63. The van der Waals surface area contributed by atoms with E-state index < -0.39 is 75.6 Å². The van der Waals surface area contributed by atoms with Gasteiger partial charge in [0, 0.05) is 17.1 Å². The van der Waals surface area contributed by atoms with Crippen LogP contribution in [0.4, 0.5) is 0 Å². The van der Waals surface area contributed by atoms with Crippen molar-refractivity contribution in [2.45, 2.75) is 49.9 Å². The summed E-state index contributed by atoms with van der Waals surface area (Å²) in [6.07, 6.45) is 3.09. The fourth-order valence-corrected chi connectivity index (χ4v) is 6.49. The Morgan fingerprint density at radius 1 is 1.16 bits per heavy atom. The zero-order chi connectivity index (χ0) is 27.1. The average molecular weight is 511 g/mol. The van der Waals surface area contributed by atoms with Crippen molar-refractivity contribution >= 4 is 29.3 Å². The lowest BCUT2D eigenvalue weighted by Crippen LogP contribution is -2.70. The molecule has 0 saturated heterocycles. The van der Waals surface area contributed by atoms with Crippen LogP contribution in [0.15, 0.2) is 34.6 Å². The average Bonchev–Trinajstić information content (AvgIpc) is 2.79. The molecule has 1 aromatic rings. The standard InChI is InChI=1S/C27H30N2O8/c1-10-13-8-7-12(9-11-5-4-6-11)20(30)15(13)21(31)16-14(10)22(32)18-19(29(2)3)23(33)17(26(28)36)25(35)27(18,37)24(16)34/h7-10,14,18-19,22,30-32,35,37H,4-6H2,1-3H3,(H2,28,36)/t10-,14+,18+,19-,22-,27-/m1/s1. The van der Waals surface area contributed by atoms with Crippen LogP contribution in [0.1, 0.15) is 48.8 Å². The summed E-state index contributed by atoms with van der Waals surface area (Å²) >= 11 is 0.